The van der Waals surface area contributed by atoms with E-state index in [1.165, 1.54) is 0 Å². The minimum atomic E-state index is 0.432. The molecule has 0 amide bonds. The molecular weight excluding hydrogens is 204 g/mol. The second kappa shape index (κ2) is 7.34. The van der Waals surface area contributed by atoms with Crippen molar-refractivity contribution in [1.29, 1.82) is 0 Å². The van der Waals surface area contributed by atoms with E-state index < -0.39 is 0 Å². The van der Waals surface area contributed by atoms with Crippen molar-refractivity contribution >= 4 is 18.9 Å². The van der Waals surface area contributed by atoms with Crippen LogP contribution in [0.3, 0.4) is 0 Å². The van der Waals surface area contributed by atoms with E-state index in [4.69, 9.17) is 4.74 Å². The average Bonchev–Trinajstić information content (AvgIpc) is 2.34. The Kier molecular flexibility index (Phi) is 5.55. The maximum absolute atomic E-state index is 10.1. The van der Waals surface area contributed by atoms with E-state index in [1.54, 1.807) is 0 Å². The highest BCUT2D eigenvalue weighted by molar-refractivity contribution is 5.94. The van der Waals surface area contributed by atoms with Crippen LogP contribution in [0.2, 0.25) is 0 Å². The molecule has 0 aliphatic heterocycles. The number of ether oxygens (including phenoxy) is 1. The number of nitrogens with zero attached hydrogens (tertiary/aromatic N) is 2. The third kappa shape index (κ3) is 4.04. The summed E-state index contributed by atoms with van der Waals surface area (Å²) in [6.45, 7) is 3.74. The molecule has 4 heteroatoms. The summed E-state index contributed by atoms with van der Waals surface area (Å²) in [6, 6.07) is 9.45. The lowest BCUT2D eigenvalue weighted by atomic mass is 10.2. The van der Waals surface area contributed by atoms with Gasteiger partial charge in [0.1, 0.15) is 6.29 Å². The molecule has 0 N–H and O–H groups in total. The highest BCUT2D eigenvalue weighted by Gasteiger charge is 2.03. The van der Waals surface area contributed by atoms with Crippen LogP contribution in [0.1, 0.15) is 18.4 Å². The molecule has 0 aromatic heterocycles. The summed E-state index contributed by atoms with van der Waals surface area (Å²) in [7, 11) is 0. The molecule has 0 radical (unpaired) electrons. The van der Waals surface area contributed by atoms with E-state index in [9.17, 15) is 4.79 Å². The van der Waals surface area contributed by atoms with Crippen molar-refractivity contribution in [3.63, 3.8) is 0 Å². The molecule has 0 aliphatic carbocycles. The number of carbonyl (C=O) groups excluding carboxylic acids is 1. The Labute approximate surface area is 94.7 Å². The van der Waals surface area contributed by atoms with Gasteiger partial charge in [0.25, 0.3) is 0 Å². The molecule has 0 bridgehead atoms. The molecule has 16 heavy (non-hydrogen) atoms. The van der Waals surface area contributed by atoms with E-state index in [1.807, 2.05) is 30.3 Å². The van der Waals surface area contributed by atoms with Crippen LogP contribution in [0.15, 0.2) is 40.5 Å². The fourth-order valence-corrected chi connectivity index (χ4v) is 1.15. The molecule has 4 nitrogen and oxygen atoms in total. The van der Waals surface area contributed by atoms with Crippen molar-refractivity contribution in [3.05, 3.63) is 35.9 Å². The third-order valence-electron chi connectivity index (χ3n) is 1.89. The van der Waals surface area contributed by atoms with Gasteiger partial charge in [0.2, 0.25) is 5.90 Å². The van der Waals surface area contributed by atoms with Crippen molar-refractivity contribution in [2.45, 2.75) is 12.8 Å². The van der Waals surface area contributed by atoms with Gasteiger partial charge in [-0.05, 0) is 18.6 Å². The zero-order chi connectivity index (χ0) is 11.6. The minimum Gasteiger partial charge on any atom is -0.476 e. The molecule has 0 atom stereocenters. The van der Waals surface area contributed by atoms with E-state index in [0.29, 0.717) is 25.3 Å². The summed E-state index contributed by atoms with van der Waals surface area (Å²) in [5.74, 6) is 0.432. The van der Waals surface area contributed by atoms with Crippen LogP contribution in [0.4, 0.5) is 0 Å². The predicted octanol–water partition coefficient (Wildman–Crippen LogP) is 2.04. The van der Waals surface area contributed by atoms with Gasteiger partial charge in [-0.25, -0.2) is 0 Å². The van der Waals surface area contributed by atoms with E-state index in [2.05, 4.69) is 16.9 Å². The Morgan fingerprint density at radius 3 is 2.75 bits per heavy atom. The van der Waals surface area contributed by atoms with Crippen LogP contribution in [0.25, 0.3) is 0 Å². The monoisotopic (exact) mass is 218 g/mol. The van der Waals surface area contributed by atoms with Gasteiger partial charge in [0, 0.05) is 18.7 Å². The smallest absolute Gasteiger partial charge is 0.240 e. The standard InChI is InChI=1S/C12H14N2O2/c1-13-14-12(16-10-6-5-9-15)11-7-3-2-4-8-11/h2-4,7-9H,1,5-6,10H2/b14-12-. The van der Waals surface area contributed by atoms with Crippen LogP contribution in [0.5, 0.6) is 0 Å². The average molecular weight is 218 g/mol. The SMILES string of the molecule is C=N/N=C(\OCCCC=O)c1ccccc1. The van der Waals surface area contributed by atoms with Crippen LogP contribution in [-0.2, 0) is 9.53 Å². The van der Waals surface area contributed by atoms with Gasteiger partial charge >= 0.3 is 0 Å². The first-order valence-corrected chi connectivity index (χ1v) is 5.04. The van der Waals surface area contributed by atoms with Gasteiger partial charge in [-0.1, -0.05) is 18.2 Å². The third-order valence-corrected chi connectivity index (χ3v) is 1.89. The zero-order valence-electron chi connectivity index (χ0n) is 9.00. The minimum absolute atomic E-state index is 0.432. The first kappa shape index (κ1) is 12.1. The first-order valence-electron chi connectivity index (χ1n) is 5.04. The Balaban J connectivity index is 2.59. The molecule has 0 saturated carbocycles. The highest BCUT2D eigenvalue weighted by atomic mass is 16.5. The molecule has 1 aromatic carbocycles. The summed E-state index contributed by atoms with van der Waals surface area (Å²) in [5.41, 5.74) is 0.848. The van der Waals surface area contributed by atoms with Gasteiger partial charge in [0.15, 0.2) is 0 Å². The lowest BCUT2D eigenvalue weighted by molar-refractivity contribution is -0.108. The number of unbranched alkanes of at least 4 members (excludes halogenated alkanes) is 1. The quantitative estimate of drug-likeness (QED) is 0.241. The van der Waals surface area contributed by atoms with Gasteiger partial charge < -0.3 is 9.53 Å². The lowest BCUT2D eigenvalue weighted by Crippen LogP contribution is -2.07. The van der Waals surface area contributed by atoms with Gasteiger partial charge in [-0.2, -0.15) is 5.10 Å². The van der Waals surface area contributed by atoms with Crippen LogP contribution in [-0.4, -0.2) is 25.5 Å². The Morgan fingerprint density at radius 1 is 1.38 bits per heavy atom. The van der Waals surface area contributed by atoms with Crippen molar-refractivity contribution in [3.8, 4) is 0 Å². The molecule has 1 rings (SSSR count). The van der Waals surface area contributed by atoms with Crippen molar-refractivity contribution in [2.75, 3.05) is 6.61 Å². The zero-order valence-corrected chi connectivity index (χ0v) is 9.00. The van der Waals surface area contributed by atoms with Gasteiger partial charge in [-0.15, -0.1) is 5.10 Å². The topological polar surface area (TPSA) is 51.0 Å². The van der Waals surface area contributed by atoms with Gasteiger partial charge in [-0.3, -0.25) is 0 Å². The fourth-order valence-electron chi connectivity index (χ4n) is 1.15. The van der Waals surface area contributed by atoms with Crippen molar-refractivity contribution in [1.82, 2.24) is 0 Å². The molecule has 0 spiro atoms. The van der Waals surface area contributed by atoms with Gasteiger partial charge in [0.05, 0.1) is 6.61 Å². The number of aldehydes is 1. The number of rotatable bonds is 6. The Bertz CT molecular complexity index is 361. The summed E-state index contributed by atoms with van der Waals surface area (Å²) in [6.07, 6.45) is 2.03. The Hall–Kier alpha value is -1.97. The number of hydrogen-bond donors (Lipinski definition) is 0. The van der Waals surface area contributed by atoms with Crippen molar-refractivity contribution in [2.24, 2.45) is 10.2 Å². The predicted molar refractivity (Wildman–Crippen MR) is 63.8 cm³/mol. The fraction of sp³-hybridized carbons (Fsp3) is 0.250. The summed E-state index contributed by atoms with van der Waals surface area (Å²) < 4.78 is 5.43. The number of hydrogen-bond acceptors (Lipinski definition) is 4. The lowest BCUT2D eigenvalue weighted by Gasteiger charge is -2.06. The second-order valence-electron chi connectivity index (χ2n) is 3.07. The van der Waals surface area contributed by atoms with E-state index >= 15 is 0 Å². The molecular formula is C12H14N2O2. The molecule has 0 heterocycles. The molecule has 0 unspecified atom stereocenters. The maximum atomic E-state index is 10.1. The molecule has 0 fully saturated rings. The highest BCUT2D eigenvalue weighted by Crippen LogP contribution is 2.04. The van der Waals surface area contributed by atoms with Crippen LogP contribution in [0, 0.1) is 0 Å². The first-order chi connectivity index (χ1) is 7.88. The normalized spacial score (nSPS) is 10.9. The number of carbonyl (C=O) groups is 1. The van der Waals surface area contributed by atoms with Crippen LogP contribution < -0.4 is 0 Å². The van der Waals surface area contributed by atoms with E-state index in [0.717, 1.165) is 11.8 Å². The van der Waals surface area contributed by atoms with Crippen molar-refractivity contribution < 1.29 is 9.53 Å². The molecule has 1 aromatic rings. The summed E-state index contributed by atoms with van der Waals surface area (Å²) in [5, 5.41) is 7.27. The summed E-state index contributed by atoms with van der Waals surface area (Å²) >= 11 is 0. The second-order valence-corrected chi connectivity index (χ2v) is 3.07. The molecule has 84 valence electrons. The number of benzene rings is 1. The summed E-state index contributed by atoms with van der Waals surface area (Å²) in [4.78, 5) is 10.1. The Morgan fingerprint density at radius 2 is 2.12 bits per heavy atom. The molecule has 0 saturated heterocycles. The maximum Gasteiger partial charge on any atom is 0.240 e. The van der Waals surface area contributed by atoms with E-state index in [-0.39, 0.29) is 0 Å². The van der Waals surface area contributed by atoms with Crippen LogP contribution >= 0.6 is 0 Å². The molecule has 0 aliphatic rings. The largest absolute Gasteiger partial charge is 0.476 e.